The first-order chi connectivity index (χ1) is 8.23. The van der Waals surface area contributed by atoms with Crippen LogP contribution in [0.3, 0.4) is 0 Å². The molecule has 0 saturated heterocycles. The second-order valence-corrected chi connectivity index (χ2v) is 7.27. The van der Waals surface area contributed by atoms with E-state index in [4.69, 9.17) is 0 Å². The molecule has 1 aromatic carbocycles. The number of halogens is 4. The van der Waals surface area contributed by atoms with Crippen LogP contribution in [0.25, 0.3) is 0 Å². The van der Waals surface area contributed by atoms with E-state index in [9.17, 15) is 21.6 Å². The highest BCUT2D eigenvalue weighted by atomic mass is 79.9. The molecule has 0 saturated carbocycles. The van der Waals surface area contributed by atoms with Crippen molar-refractivity contribution < 1.29 is 21.6 Å². The van der Waals surface area contributed by atoms with Crippen LogP contribution >= 0.6 is 27.7 Å². The molecule has 0 aliphatic heterocycles. The SMILES string of the molecule is O=S(=O)(CBr)Nc1ccccc1SCC(F)(F)F. The van der Waals surface area contributed by atoms with E-state index < -0.39 is 22.0 Å². The topological polar surface area (TPSA) is 46.2 Å². The Hall–Kier alpha value is -0.410. The van der Waals surface area contributed by atoms with Gasteiger partial charge in [0.15, 0.2) is 0 Å². The van der Waals surface area contributed by atoms with Crippen molar-refractivity contribution in [1.29, 1.82) is 0 Å². The fourth-order valence-corrected chi connectivity index (χ4v) is 2.78. The minimum atomic E-state index is -4.30. The lowest BCUT2D eigenvalue weighted by Crippen LogP contribution is -2.14. The Morgan fingerprint density at radius 3 is 2.44 bits per heavy atom. The Kier molecular flexibility index (Phi) is 5.35. The molecule has 0 unspecified atom stereocenters. The van der Waals surface area contributed by atoms with Gasteiger partial charge in [0.2, 0.25) is 10.0 Å². The summed E-state index contributed by atoms with van der Waals surface area (Å²) in [5.41, 5.74) is 0.145. The van der Waals surface area contributed by atoms with Crippen molar-refractivity contribution in [3.8, 4) is 0 Å². The molecule has 18 heavy (non-hydrogen) atoms. The highest BCUT2D eigenvalue weighted by Gasteiger charge is 2.27. The van der Waals surface area contributed by atoms with E-state index in [0.29, 0.717) is 11.8 Å². The van der Waals surface area contributed by atoms with Gasteiger partial charge < -0.3 is 0 Å². The van der Waals surface area contributed by atoms with Gasteiger partial charge >= 0.3 is 6.18 Å². The van der Waals surface area contributed by atoms with Crippen molar-refractivity contribution in [3.05, 3.63) is 24.3 Å². The van der Waals surface area contributed by atoms with E-state index >= 15 is 0 Å². The van der Waals surface area contributed by atoms with Gasteiger partial charge in [-0.2, -0.15) is 13.2 Å². The molecule has 102 valence electrons. The second kappa shape index (κ2) is 6.16. The number of rotatable bonds is 5. The summed E-state index contributed by atoms with van der Waals surface area (Å²) in [6.45, 7) is 0. The number of hydrogen-bond donors (Lipinski definition) is 1. The van der Waals surface area contributed by atoms with Crippen molar-refractivity contribution in [3.63, 3.8) is 0 Å². The minimum absolute atomic E-state index is 0.145. The Morgan fingerprint density at radius 2 is 1.89 bits per heavy atom. The van der Waals surface area contributed by atoms with E-state index in [1.165, 1.54) is 12.1 Å². The van der Waals surface area contributed by atoms with Crippen LogP contribution in [0.1, 0.15) is 0 Å². The van der Waals surface area contributed by atoms with E-state index in [1.807, 2.05) is 0 Å². The molecule has 0 aliphatic rings. The first-order valence-electron chi connectivity index (χ1n) is 4.58. The number of alkyl halides is 4. The number of anilines is 1. The average Bonchev–Trinajstić information content (AvgIpc) is 2.26. The van der Waals surface area contributed by atoms with Gasteiger partial charge in [0.1, 0.15) is 4.66 Å². The zero-order chi connectivity index (χ0) is 13.8. The summed E-state index contributed by atoms with van der Waals surface area (Å²) in [7, 11) is -3.58. The molecule has 0 bridgehead atoms. The number of hydrogen-bond acceptors (Lipinski definition) is 3. The van der Waals surface area contributed by atoms with Crippen molar-refractivity contribution >= 4 is 43.4 Å². The van der Waals surface area contributed by atoms with Gasteiger partial charge in [-0.1, -0.05) is 28.1 Å². The summed E-state index contributed by atoms with van der Waals surface area (Å²) in [4.78, 5) is 0.236. The largest absolute Gasteiger partial charge is 0.398 e. The van der Waals surface area contributed by atoms with Crippen LogP contribution in [0.2, 0.25) is 0 Å². The molecule has 0 spiro atoms. The fraction of sp³-hybridized carbons (Fsp3) is 0.333. The van der Waals surface area contributed by atoms with Gasteiger partial charge in [0.25, 0.3) is 0 Å². The van der Waals surface area contributed by atoms with E-state index in [-0.39, 0.29) is 15.2 Å². The standard InChI is InChI=1S/C9H9BrF3NO2S2/c10-6-18(15,16)14-7-3-1-2-4-8(7)17-5-9(11,12)13/h1-4,14H,5-6H2. The summed E-state index contributed by atoms with van der Waals surface area (Å²) in [5.74, 6) is -1.07. The number of benzene rings is 1. The first-order valence-corrected chi connectivity index (χ1v) is 8.34. The zero-order valence-electron chi connectivity index (χ0n) is 8.87. The zero-order valence-corrected chi connectivity index (χ0v) is 12.1. The van der Waals surface area contributed by atoms with Crippen LogP contribution in [0.15, 0.2) is 29.2 Å². The van der Waals surface area contributed by atoms with Gasteiger partial charge in [-0.05, 0) is 12.1 Å². The molecule has 0 fully saturated rings. The summed E-state index contributed by atoms with van der Waals surface area (Å²) < 4.78 is 60.9. The maximum absolute atomic E-state index is 12.1. The van der Waals surface area contributed by atoms with E-state index in [0.717, 1.165) is 0 Å². The Balaban J connectivity index is 2.87. The molecule has 1 rings (SSSR count). The Labute approximate surface area is 115 Å². The summed E-state index contributed by atoms with van der Waals surface area (Å²) >= 11 is 3.32. The molecule has 1 N–H and O–H groups in total. The molecule has 0 atom stereocenters. The number of thioether (sulfide) groups is 1. The quantitative estimate of drug-likeness (QED) is 0.643. The molecule has 0 aromatic heterocycles. The molecule has 9 heteroatoms. The van der Waals surface area contributed by atoms with Gasteiger partial charge in [0, 0.05) is 4.90 Å². The molecule has 0 aliphatic carbocycles. The Morgan fingerprint density at radius 1 is 1.28 bits per heavy atom. The van der Waals surface area contributed by atoms with Gasteiger partial charge in [0.05, 0.1) is 11.4 Å². The molecular formula is C9H9BrF3NO2S2. The first kappa shape index (κ1) is 15.6. The third kappa shape index (κ3) is 5.49. The highest BCUT2D eigenvalue weighted by Crippen LogP contribution is 2.32. The fourth-order valence-electron chi connectivity index (χ4n) is 1.03. The lowest BCUT2D eigenvalue weighted by molar-refractivity contribution is -0.105. The second-order valence-electron chi connectivity index (χ2n) is 3.23. The Bertz CT molecular complexity index is 505. The van der Waals surface area contributed by atoms with Crippen molar-refractivity contribution in [2.45, 2.75) is 11.1 Å². The molecule has 3 nitrogen and oxygen atoms in total. The summed E-state index contributed by atoms with van der Waals surface area (Å²) in [6.07, 6.45) is -4.30. The number of nitrogens with one attached hydrogen (secondary N) is 1. The third-order valence-electron chi connectivity index (χ3n) is 1.69. The maximum atomic E-state index is 12.1. The van der Waals surface area contributed by atoms with Crippen LogP contribution in [0.5, 0.6) is 0 Å². The van der Waals surface area contributed by atoms with Gasteiger partial charge in [-0.3, -0.25) is 4.72 Å². The van der Waals surface area contributed by atoms with Crippen molar-refractivity contribution in [2.24, 2.45) is 0 Å². The molecule has 1 aromatic rings. The normalized spacial score (nSPS) is 12.4. The average molecular weight is 364 g/mol. The third-order valence-corrected chi connectivity index (χ3v) is 5.45. The van der Waals surface area contributed by atoms with Crippen LogP contribution in [-0.2, 0) is 10.0 Å². The molecule has 0 heterocycles. The lowest BCUT2D eigenvalue weighted by atomic mass is 10.3. The van der Waals surface area contributed by atoms with Gasteiger partial charge in [-0.25, -0.2) is 8.42 Å². The molecular weight excluding hydrogens is 355 g/mol. The molecule has 0 radical (unpaired) electrons. The van der Waals surface area contributed by atoms with E-state index in [1.54, 1.807) is 12.1 Å². The minimum Gasteiger partial charge on any atom is -0.282 e. The van der Waals surface area contributed by atoms with Crippen molar-refractivity contribution in [1.82, 2.24) is 0 Å². The highest BCUT2D eigenvalue weighted by molar-refractivity contribution is 9.10. The summed E-state index contributed by atoms with van der Waals surface area (Å²) in [5, 5.41) is 0. The molecule has 0 amide bonds. The maximum Gasteiger partial charge on any atom is 0.398 e. The predicted molar refractivity (Wildman–Crippen MR) is 69.6 cm³/mol. The monoisotopic (exact) mass is 363 g/mol. The predicted octanol–water partition coefficient (Wildman–Crippen LogP) is 3.44. The van der Waals surface area contributed by atoms with Gasteiger partial charge in [-0.15, -0.1) is 11.8 Å². The number of sulfonamides is 1. The lowest BCUT2D eigenvalue weighted by Gasteiger charge is -2.11. The van der Waals surface area contributed by atoms with E-state index in [2.05, 4.69) is 20.7 Å². The van der Waals surface area contributed by atoms with Crippen LogP contribution in [0.4, 0.5) is 18.9 Å². The van der Waals surface area contributed by atoms with Crippen LogP contribution in [0, 0.1) is 0 Å². The smallest absolute Gasteiger partial charge is 0.282 e. The number of para-hydroxylation sites is 1. The van der Waals surface area contributed by atoms with Crippen LogP contribution in [-0.4, -0.2) is 25.0 Å². The van der Waals surface area contributed by atoms with Crippen molar-refractivity contribution in [2.75, 3.05) is 15.1 Å². The van der Waals surface area contributed by atoms with Crippen LogP contribution < -0.4 is 4.72 Å². The summed E-state index contributed by atoms with van der Waals surface area (Å²) in [6, 6.07) is 5.94.